The maximum atomic E-state index is 6.22. The topological polar surface area (TPSA) is 34.2 Å². The molecule has 0 unspecified atom stereocenters. The van der Waals surface area contributed by atoms with Gasteiger partial charge in [-0.25, -0.2) is 4.98 Å². The molecule has 51 heavy (non-hydrogen) atoms. The molecular weight excluding hydrogens is 623 g/mol. The van der Waals surface area contributed by atoms with E-state index in [1.165, 1.54) is 32.9 Å². The van der Waals surface area contributed by atoms with Gasteiger partial charge in [0.05, 0.1) is 11.0 Å². The zero-order valence-electron chi connectivity index (χ0n) is 27.6. The Kier molecular flexibility index (Phi) is 6.78. The number of benzene rings is 8. The predicted molar refractivity (Wildman–Crippen MR) is 211 cm³/mol. The summed E-state index contributed by atoms with van der Waals surface area (Å²) < 4.78 is 8.58. The van der Waals surface area contributed by atoms with Crippen molar-refractivity contribution in [3.8, 4) is 28.3 Å². The predicted octanol–water partition coefficient (Wildman–Crippen LogP) is 12.9. The fourth-order valence-corrected chi connectivity index (χ4v) is 7.41. The summed E-state index contributed by atoms with van der Waals surface area (Å²) in [6, 6.07) is 66.4. The first-order valence-electron chi connectivity index (χ1n) is 17.2. The van der Waals surface area contributed by atoms with Gasteiger partial charge in [-0.2, -0.15) is 0 Å². The molecule has 2 aromatic heterocycles. The molecule has 10 rings (SSSR count). The van der Waals surface area contributed by atoms with Crippen LogP contribution in [0.5, 0.6) is 0 Å². The number of hydrogen-bond donors (Lipinski definition) is 0. The minimum Gasteiger partial charge on any atom is -0.436 e. The summed E-state index contributed by atoms with van der Waals surface area (Å²) in [7, 11) is 0. The number of oxazole rings is 1. The van der Waals surface area contributed by atoms with Crippen LogP contribution in [0.4, 0.5) is 17.1 Å². The second kappa shape index (κ2) is 11.9. The van der Waals surface area contributed by atoms with E-state index in [2.05, 4.69) is 161 Å². The van der Waals surface area contributed by atoms with Gasteiger partial charge in [0.1, 0.15) is 5.52 Å². The van der Waals surface area contributed by atoms with E-state index in [0.29, 0.717) is 5.89 Å². The highest BCUT2D eigenvalue weighted by Crippen LogP contribution is 2.42. The summed E-state index contributed by atoms with van der Waals surface area (Å²) in [5, 5.41) is 4.58. The zero-order chi connectivity index (χ0) is 33.7. The largest absolute Gasteiger partial charge is 0.436 e. The quantitative estimate of drug-likeness (QED) is 0.179. The van der Waals surface area contributed by atoms with Crippen LogP contribution in [-0.2, 0) is 0 Å². The van der Waals surface area contributed by atoms with Crippen molar-refractivity contribution >= 4 is 60.7 Å². The van der Waals surface area contributed by atoms with Gasteiger partial charge >= 0.3 is 0 Å². The number of para-hydroxylation sites is 2. The molecule has 2 heterocycles. The van der Waals surface area contributed by atoms with Gasteiger partial charge in [0.25, 0.3) is 0 Å². The lowest BCUT2D eigenvalue weighted by atomic mass is 10.0. The Morgan fingerprint density at radius 2 is 1.08 bits per heavy atom. The molecule has 8 aromatic carbocycles. The summed E-state index contributed by atoms with van der Waals surface area (Å²) in [4.78, 5) is 7.32. The molecule has 0 bridgehead atoms. The Morgan fingerprint density at radius 1 is 0.431 bits per heavy atom. The minimum atomic E-state index is 0.629. The zero-order valence-corrected chi connectivity index (χ0v) is 27.6. The van der Waals surface area contributed by atoms with Crippen molar-refractivity contribution < 1.29 is 4.42 Å². The molecule has 0 aliphatic carbocycles. The summed E-state index contributed by atoms with van der Waals surface area (Å²) >= 11 is 0. The highest BCUT2D eigenvalue weighted by molar-refractivity contribution is 6.11. The van der Waals surface area contributed by atoms with Gasteiger partial charge in [-0.1, -0.05) is 103 Å². The van der Waals surface area contributed by atoms with Crippen LogP contribution < -0.4 is 4.90 Å². The van der Waals surface area contributed by atoms with Crippen LogP contribution in [0.25, 0.3) is 71.9 Å². The lowest BCUT2D eigenvalue weighted by Crippen LogP contribution is -2.10. The highest BCUT2D eigenvalue weighted by atomic mass is 16.3. The number of rotatable bonds is 6. The van der Waals surface area contributed by atoms with E-state index in [4.69, 9.17) is 9.40 Å². The molecule has 0 amide bonds. The van der Waals surface area contributed by atoms with E-state index < -0.39 is 0 Å². The van der Waals surface area contributed by atoms with Crippen molar-refractivity contribution in [1.29, 1.82) is 0 Å². The SMILES string of the molecule is c1ccc(-c2cccc(N(c3ccc4c(ccc5oc(-c6ccccc6)nc54)c3)c3ccc4c(c3)c3ccccc3n4-c3ccccc3)c2)cc1. The van der Waals surface area contributed by atoms with E-state index in [0.717, 1.165) is 50.2 Å². The average molecular weight is 654 g/mol. The monoisotopic (exact) mass is 653 g/mol. The molecule has 0 saturated carbocycles. The van der Waals surface area contributed by atoms with Gasteiger partial charge in [-0.05, 0) is 101 Å². The van der Waals surface area contributed by atoms with Crippen molar-refractivity contribution in [2.24, 2.45) is 0 Å². The van der Waals surface area contributed by atoms with Crippen LogP contribution in [0, 0.1) is 0 Å². The van der Waals surface area contributed by atoms with Crippen LogP contribution in [-0.4, -0.2) is 9.55 Å². The van der Waals surface area contributed by atoms with Crippen molar-refractivity contribution in [2.45, 2.75) is 0 Å². The fourth-order valence-electron chi connectivity index (χ4n) is 7.41. The summed E-state index contributed by atoms with van der Waals surface area (Å²) in [6.45, 7) is 0. The van der Waals surface area contributed by atoms with Gasteiger partial charge in [-0.15, -0.1) is 0 Å². The molecule has 4 heteroatoms. The van der Waals surface area contributed by atoms with Gasteiger partial charge in [0.15, 0.2) is 5.58 Å². The third kappa shape index (κ3) is 4.96. The van der Waals surface area contributed by atoms with Gasteiger partial charge < -0.3 is 13.9 Å². The first kappa shape index (κ1) is 29.0. The smallest absolute Gasteiger partial charge is 0.227 e. The molecule has 0 radical (unpaired) electrons. The molecule has 10 aromatic rings. The molecular formula is C47H31N3O. The molecule has 0 spiro atoms. The summed E-state index contributed by atoms with van der Waals surface area (Å²) in [5.41, 5.74) is 11.7. The molecule has 0 aliphatic rings. The second-order valence-electron chi connectivity index (χ2n) is 12.8. The van der Waals surface area contributed by atoms with Gasteiger partial charge in [0, 0.05) is 44.5 Å². The van der Waals surface area contributed by atoms with E-state index in [1.54, 1.807) is 0 Å². The Morgan fingerprint density at radius 3 is 1.90 bits per heavy atom. The molecule has 240 valence electrons. The molecule has 0 aliphatic heterocycles. The van der Waals surface area contributed by atoms with Crippen LogP contribution in [0.1, 0.15) is 0 Å². The fraction of sp³-hybridized carbons (Fsp3) is 0. The number of aromatic nitrogens is 2. The Hall–Kier alpha value is -6.91. The van der Waals surface area contributed by atoms with Crippen LogP contribution in [0.15, 0.2) is 192 Å². The first-order valence-corrected chi connectivity index (χ1v) is 17.2. The molecule has 0 saturated heterocycles. The first-order chi connectivity index (χ1) is 25.3. The lowest BCUT2D eigenvalue weighted by Gasteiger charge is -2.26. The van der Waals surface area contributed by atoms with Crippen LogP contribution in [0.2, 0.25) is 0 Å². The minimum absolute atomic E-state index is 0.629. The van der Waals surface area contributed by atoms with E-state index in [-0.39, 0.29) is 0 Å². The second-order valence-corrected chi connectivity index (χ2v) is 12.8. The number of fused-ring (bicyclic) bond motifs is 6. The molecule has 0 fully saturated rings. The maximum absolute atomic E-state index is 6.22. The molecule has 4 nitrogen and oxygen atoms in total. The third-order valence-electron chi connectivity index (χ3n) is 9.78. The Bertz CT molecular complexity index is 2850. The Labute approximate surface area is 295 Å². The standard InChI is InChI=1S/C47H31N3O/c1-4-13-32(14-5-1)34-17-12-20-37(29-34)49(38-24-26-40-35(30-38)23-28-45-46(40)48-47(51-45)33-15-6-2-7-16-33)39-25-27-44-42(31-39)41-21-10-11-22-43(41)50(44)36-18-8-3-9-19-36/h1-31H. The number of nitrogens with zero attached hydrogens (tertiary/aromatic N) is 3. The lowest BCUT2D eigenvalue weighted by molar-refractivity contribution is 0.620. The van der Waals surface area contributed by atoms with Crippen molar-refractivity contribution in [3.63, 3.8) is 0 Å². The van der Waals surface area contributed by atoms with Crippen molar-refractivity contribution in [2.75, 3.05) is 4.90 Å². The van der Waals surface area contributed by atoms with Crippen molar-refractivity contribution in [1.82, 2.24) is 9.55 Å². The highest BCUT2D eigenvalue weighted by Gasteiger charge is 2.19. The normalized spacial score (nSPS) is 11.5. The van der Waals surface area contributed by atoms with E-state index in [9.17, 15) is 0 Å². The maximum Gasteiger partial charge on any atom is 0.227 e. The molecule has 0 atom stereocenters. The van der Waals surface area contributed by atoms with Gasteiger partial charge in [-0.3, -0.25) is 0 Å². The van der Waals surface area contributed by atoms with Crippen molar-refractivity contribution in [3.05, 3.63) is 188 Å². The van der Waals surface area contributed by atoms with Gasteiger partial charge in [0.2, 0.25) is 5.89 Å². The van der Waals surface area contributed by atoms with Crippen LogP contribution in [0.3, 0.4) is 0 Å². The van der Waals surface area contributed by atoms with Crippen LogP contribution >= 0.6 is 0 Å². The molecule has 0 N–H and O–H groups in total. The average Bonchev–Trinajstić information content (AvgIpc) is 3.79. The summed E-state index contributed by atoms with van der Waals surface area (Å²) in [6.07, 6.45) is 0. The Balaban J connectivity index is 1.17. The third-order valence-corrected chi connectivity index (χ3v) is 9.78. The number of anilines is 3. The van der Waals surface area contributed by atoms with E-state index >= 15 is 0 Å². The van der Waals surface area contributed by atoms with E-state index in [1.807, 2.05) is 36.4 Å². The summed E-state index contributed by atoms with van der Waals surface area (Å²) in [5.74, 6) is 0.629. The number of hydrogen-bond acceptors (Lipinski definition) is 3.